The first kappa shape index (κ1) is 11.8. The zero-order chi connectivity index (χ0) is 10.9. The summed E-state index contributed by atoms with van der Waals surface area (Å²) >= 11 is 0. The lowest BCUT2D eigenvalue weighted by Crippen LogP contribution is -2.00. The van der Waals surface area contributed by atoms with Crippen molar-refractivity contribution in [1.29, 1.82) is 0 Å². The van der Waals surface area contributed by atoms with Crippen LogP contribution in [0.5, 0.6) is 0 Å². The van der Waals surface area contributed by atoms with E-state index in [0.717, 1.165) is 6.42 Å². The van der Waals surface area contributed by atoms with Crippen LogP contribution < -0.4 is 0 Å². The zero-order valence-corrected chi connectivity index (χ0v) is 9.65. The maximum Gasteiger partial charge on any atom is 0.123 e. The summed E-state index contributed by atoms with van der Waals surface area (Å²) < 4.78 is 5.70. The van der Waals surface area contributed by atoms with E-state index in [9.17, 15) is 0 Å². The molecule has 0 aliphatic carbocycles. The summed E-state index contributed by atoms with van der Waals surface area (Å²) in [6.45, 7) is 4.18. The maximum absolute atomic E-state index is 5.70. The van der Waals surface area contributed by atoms with E-state index in [0.29, 0.717) is 0 Å². The number of hydrogen-bond acceptors (Lipinski definition) is 1. The van der Waals surface area contributed by atoms with Gasteiger partial charge in [0.1, 0.15) is 6.10 Å². The molecule has 0 aromatic heterocycles. The molecule has 1 atom stereocenters. The van der Waals surface area contributed by atoms with E-state index in [1.54, 1.807) is 6.26 Å². The Kier molecular flexibility index (Phi) is 5.60. The third-order valence-electron chi connectivity index (χ3n) is 2.37. The molecule has 0 saturated heterocycles. The lowest BCUT2D eigenvalue weighted by atomic mass is 10.0. The third-order valence-corrected chi connectivity index (χ3v) is 2.37. The molecule has 1 aromatic carbocycles. The molecule has 15 heavy (non-hydrogen) atoms. The summed E-state index contributed by atoms with van der Waals surface area (Å²) in [6.07, 6.45) is 7.43. The highest BCUT2D eigenvalue weighted by molar-refractivity contribution is 5.17. The second kappa shape index (κ2) is 7.10. The standard InChI is InChI=1S/C14H20O/c1-3-5-11-14(15-12-4-2)13-9-7-6-8-10-13/h4,6-10,12,14H,3,5,11H2,1-2H3. The van der Waals surface area contributed by atoms with Crippen LogP contribution in [0.1, 0.15) is 44.8 Å². The van der Waals surface area contributed by atoms with Crippen LogP contribution in [-0.4, -0.2) is 0 Å². The van der Waals surface area contributed by atoms with Gasteiger partial charge in [-0.25, -0.2) is 0 Å². The van der Waals surface area contributed by atoms with E-state index in [4.69, 9.17) is 4.74 Å². The molecule has 0 fully saturated rings. The Morgan fingerprint density at radius 1 is 1.27 bits per heavy atom. The van der Waals surface area contributed by atoms with Gasteiger partial charge >= 0.3 is 0 Å². The van der Waals surface area contributed by atoms with Crippen molar-refractivity contribution in [3.63, 3.8) is 0 Å². The molecule has 0 aliphatic heterocycles. The van der Waals surface area contributed by atoms with E-state index < -0.39 is 0 Å². The van der Waals surface area contributed by atoms with Gasteiger partial charge in [0.25, 0.3) is 0 Å². The van der Waals surface area contributed by atoms with Gasteiger partial charge in [0, 0.05) is 0 Å². The Morgan fingerprint density at radius 2 is 2.00 bits per heavy atom. The molecule has 0 aliphatic rings. The lowest BCUT2D eigenvalue weighted by Gasteiger charge is -2.16. The number of hydrogen-bond donors (Lipinski definition) is 0. The molecule has 0 spiro atoms. The second-order valence-electron chi connectivity index (χ2n) is 3.65. The minimum Gasteiger partial charge on any atom is -0.494 e. The van der Waals surface area contributed by atoms with Crippen LogP contribution in [0.25, 0.3) is 0 Å². The number of allylic oxidation sites excluding steroid dienone is 1. The highest BCUT2D eigenvalue weighted by atomic mass is 16.5. The first-order valence-corrected chi connectivity index (χ1v) is 5.70. The summed E-state index contributed by atoms with van der Waals surface area (Å²) in [7, 11) is 0. The summed E-state index contributed by atoms with van der Waals surface area (Å²) in [6, 6.07) is 10.4. The van der Waals surface area contributed by atoms with Gasteiger partial charge in [0.05, 0.1) is 6.26 Å². The summed E-state index contributed by atoms with van der Waals surface area (Å²) in [5.41, 5.74) is 1.27. The van der Waals surface area contributed by atoms with Crippen molar-refractivity contribution in [2.24, 2.45) is 0 Å². The van der Waals surface area contributed by atoms with Gasteiger partial charge in [-0.3, -0.25) is 0 Å². The van der Waals surface area contributed by atoms with Crippen LogP contribution in [-0.2, 0) is 4.74 Å². The third kappa shape index (κ3) is 4.20. The van der Waals surface area contributed by atoms with E-state index in [1.165, 1.54) is 18.4 Å². The molecule has 1 unspecified atom stereocenters. The van der Waals surface area contributed by atoms with Gasteiger partial charge in [-0.2, -0.15) is 0 Å². The van der Waals surface area contributed by atoms with Crippen molar-refractivity contribution in [3.8, 4) is 0 Å². The summed E-state index contributed by atoms with van der Waals surface area (Å²) in [5.74, 6) is 0. The molecular weight excluding hydrogens is 184 g/mol. The Bertz CT molecular complexity index is 277. The average molecular weight is 204 g/mol. The molecule has 1 rings (SSSR count). The van der Waals surface area contributed by atoms with Crippen LogP contribution >= 0.6 is 0 Å². The van der Waals surface area contributed by atoms with E-state index in [2.05, 4.69) is 31.2 Å². The minimum absolute atomic E-state index is 0.211. The Balaban J connectivity index is 2.63. The van der Waals surface area contributed by atoms with Crippen LogP contribution in [0, 0.1) is 0 Å². The average Bonchev–Trinajstić information content (AvgIpc) is 2.30. The number of unbranched alkanes of at least 4 members (excludes halogenated alkanes) is 1. The van der Waals surface area contributed by atoms with Crippen LogP contribution in [0.3, 0.4) is 0 Å². The highest BCUT2D eigenvalue weighted by Gasteiger charge is 2.09. The molecule has 0 heterocycles. The minimum atomic E-state index is 0.211. The summed E-state index contributed by atoms with van der Waals surface area (Å²) in [4.78, 5) is 0. The SMILES string of the molecule is CC=COC(CCCC)c1ccccc1. The number of rotatable bonds is 6. The molecule has 0 radical (unpaired) electrons. The molecular formula is C14H20O. The van der Waals surface area contributed by atoms with E-state index in [1.807, 2.05) is 19.1 Å². The zero-order valence-electron chi connectivity index (χ0n) is 9.65. The fraction of sp³-hybridized carbons (Fsp3) is 0.429. The topological polar surface area (TPSA) is 9.23 Å². The fourth-order valence-electron chi connectivity index (χ4n) is 1.54. The molecule has 0 bridgehead atoms. The van der Waals surface area contributed by atoms with Gasteiger partial charge < -0.3 is 4.74 Å². The van der Waals surface area contributed by atoms with Crippen molar-refractivity contribution in [2.75, 3.05) is 0 Å². The first-order chi connectivity index (χ1) is 7.38. The second-order valence-corrected chi connectivity index (χ2v) is 3.65. The predicted molar refractivity (Wildman–Crippen MR) is 64.6 cm³/mol. The van der Waals surface area contributed by atoms with Gasteiger partial charge in [0.2, 0.25) is 0 Å². The maximum atomic E-state index is 5.70. The van der Waals surface area contributed by atoms with Crippen LogP contribution in [0.4, 0.5) is 0 Å². The van der Waals surface area contributed by atoms with Gasteiger partial charge in [-0.05, 0) is 25.3 Å². The first-order valence-electron chi connectivity index (χ1n) is 5.70. The molecule has 0 N–H and O–H groups in total. The Hall–Kier alpha value is -1.24. The summed E-state index contributed by atoms with van der Waals surface area (Å²) in [5, 5.41) is 0. The molecule has 1 aromatic rings. The normalized spacial score (nSPS) is 12.9. The lowest BCUT2D eigenvalue weighted by molar-refractivity contribution is 0.134. The molecule has 1 nitrogen and oxygen atoms in total. The van der Waals surface area contributed by atoms with Crippen LogP contribution in [0.2, 0.25) is 0 Å². The quantitative estimate of drug-likeness (QED) is 0.621. The van der Waals surface area contributed by atoms with E-state index >= 15 is 0 Å². The van der Waals surface area contributed by atoms with Crippen molar-refractivity contribution in [2.45, 2.75) is 39.2 Å². The van der Waals surface area contributed by atoms with Gasteiger partial charge in [-0.15, -0.1) is 0 Å². The highest BCUT2D eigenvalue weighted by Crippen LogP contribution is 2.23. The largest absolute Gasteiger partial charge is 0.494 e. The number of benzene rings is 1. The van der Waals surface area contributed by atoms with Crippen molar-refractivity contribution < 1.29 is 4.74 Å². The van der Waals surface area contributed by atoms with Crippen molar-refractivity contribution >= 4 is 0 Å². The molecule has 0 amide bonds. The smallest absolute Gasteiger partial charge is 0.123 e. The van der Waals surface area contributed by atoms with Gasteiger partial charge in [0.15, 0.2) is 0 Å². The van der Waals surface area contributed by atoms with E-state index in [-0.39, 0.29) is 6.10 Å². The molecule has 0 saturated carbocycles. The molecule has 82 valence electrons. The van der Waals surface area contributed by atoms with Gasteiger partial charge in [-0.1, -0.05) is 49.8 Å². The molecule has 1 heteroatoms. The van der Waals surface area contributed by atoms with Crippen molar-refractivity contribution in [1.82, 2.24) is 0 Å². The van der Waals surface area contributed by atoms with Crippen molar-refractivity contribution in [3.05, 3.63) is 48.2 Å². The predicted octanol–water partition coefficient (Wildman–Crippen LogP) is 4.47. The fourth-order valence-corrected chi connectivity index (χ4v) is 1.54. The Labute approximate surface area is 92.8 Å². The van der Waals surface area contributed by atoms with Crippen LogP contribution in [0.15, 0.2) is 42.7 Å². The monoisotopic (exact) mass is 204 g/mol. The number of ether oxygens (including phenoxy) is 1. The Morgan fingerprint density at radius 3 is 2.60 bits per heavy atom.